The maximum absolute atomic E-state index is 6.13. The maximum Gasteiger partial charge on any atom is 0.0639 e. The molecule has 0 aliphatic heterocycles. The lowest BCUT2D eigenvalue weighted by atomic mass is 9.99. The Balaban J connectivity index is 2.75. The van der Waals surface area contributed by atoms with Gasteiger partial charge in [0, 0.05) is 18.2 Å². The average molecular weight is 261 g/mol. The highest BCUT2D eigenvalue weighted by atomic mass is 35.5. The van der Waals surface area contributed by atoms with Gasteiger partial charge in [0.15, 0.2) is 0 Å². The summed E-state index contributed by atoms with van der Waals surface area (Å²) in [5, 5.41) is 4.66. The molecule has 0 saturated heterocycles. The van der Waals surface area contributed by atoms with E-state index in [4.69, 9.17) is 23.2 Å². The molecule has 0 spiro atoms. The van der Waals surface area contributed by atoms with E-state index in [0.717, 1.165) is 18.7 Å². The van der Waals surface area contributed by atoms with Gasteiger partial charge in [0.2, 0.25) is 0 Å². The van der Waals surface area contributed by atoms with Crippen LogP contribution in [0.2, 0.25) is 10.0 Å². The van der Waals surface area contributed by atoms with E-state index in [0.29, 0.717) is 16.1 Å². The van der Waals surface area contributed by atoms with Gasteiger partial charge >= 0.3 is 0 Å². The van der Waals surface area contributed by atoms with Crippen LogP contribution in [0.5, 0.6) is 0 Å². The summed E-state index contributed by atoms with van der Waals surface area (Å²) in [6.07, 6.45) is 2.77. The fourth-order valence-electron chi connectivity index (χ4n) is 1.55. The summed E-state index contributed by atoms with van der Waals surface area (Å²) in [4.78, 5) is 4.30. The number of nitrogens with zero attached hydrogens (tertiary/aromatic N) is 1. The molecule has 0 aliphatic carbocycles. The van der Waals surface area contributed by atoms with Crippen molar-refractivity contribution in [1.29, 1.82) is 0 Å². The summed E-state index contributed by atoms with van der Waals surface area (Å²) >= 11 is 12.0. The van der Waals surface area contributed by atoms with Crippen molar-refractivity contribution in [3.63, 3.8) is 0 Å². The number of hydrogen-bond donors (Lipinski definition) is 1. The third-order valence-electron chi connectivity index (χ3n) is 2.73. The molecule has 16 heavy (non-hydrogen) atoms. The highest BCUT2D eigenvalue weighted by Crippen LogP contribution is 2.26. The molecule has 0 radical (unpaired) electrons. The number of hydrogen-bond acceptors (Lipinski definition) is 2. The third kappa shape index (κ3) is 3.62. The van der Waals surface area contributed by atoms with Crippen LogP contribution in [0.3, 0.4) is 0 Å². The van der Waals surface area contributed by atoms with Gasteiger partial charge in [-0.05, 0) is 26.0 Å². The van der Waals surface area contributed by atoms with Crippen LogP contribution in [0.4, 0.5) is 0 Å². The van der Waals surface area contributed by atoms with Crippen LogP contribution in [0, 0.1) is 0 Å². The average Bonchev–Trinajstić information content (AvgIpc) is 2.25. The van der Waals surface area contributed by atoms with E-state index in [-0.39, 0.29) is 5.92 Å². The van der Waals surface area contributed by atoms with Crippen molar-refractivity contribution >= 4 is 23.2 Å². The Labute approximate surface area is 107 Å². The van der Waals surface area contributed by atoms with E-state index in [2.05, 4.69) is 31.1 Å². The van der Waals surface area contributed by atoms with E-state index >= 15 is 0 Å². The molecule has 90 valence electrons. The van der Waals surface area contributed by atoms with Crippen LogP contribution >= 0.6 is 23.2 Å². The molecule has 4 heteroatoms. The first-order valence-corrected chi connectivity index (χ1v) is 6.36. The van der Waals surface area contributed by atoms with Gasteiger partial charge in [-0.25, -0.2) is 0 Å². The number of rotatable bonds is 5. The maximum atomic E-state index is 6.13. The second kappa shape index (κ2) is 6.43. The quantitative estimate of drug-likeness (QED) is 0.870. The zero-order chi connectivity index (χ0) is 12.1. The minimum Gasteiger partial charge on any atom is -0.314 e. The largest absolute Gasteiger partial charge is 0.314 e. The molecule has 0 aliphatic rings. The van der Waals surface area contributed by atoms with Gasteiger partial charge < -0.3 is 5.32 Å². The monoisotopic (exact) mass is 260 g/mol. The molecule has 2 nitrogen and oxygen atoms in total. The highest BCUT2D eigenvalue weighted by Gasteiger charge is 2.17. The number of pyridine rings is 1. The fourth-order valence-corrected chi connectivity index (χ4v) is 2.10. The van der Waals surface area contributed by atoms with Gasteiger partial charge in [-0.1, -0.05) is 37.0 Å². The molecule has 1 N–H and O–H groups in total. The Hall–Kier alpha value is -0.310. The van der Waals surface area contributed by atoms with Gasteiger partial charge in [0.25, 0.3) is 0 Å². The molecule has 1 aromatic heterocycles. The van der Waals surface area contributed by atoms with Crippen molar-refractivity contribution in [2.45, 2.75) is 39.2 Å². The predicted molar refractivity (Wildman–Crippen MR) is 70.4 cm³/mol. The molecular formula is C12H18Cl2N2. The van der Waals surface area contributed by atoms with Crippen LogP contribution in [-0.2, 0) is 0 Å². The molecule has 0 saturated carbocycles. The van der Waals surface area contributed by atoms with Crippen LogP contribution in [-0.4, -0.2) is 17.6 Å². The topological polar surface area (TPSA) is 24.9 Å². The summed E-state index contributed by atoms with van der Waals surface area (Å²) in [5.41, 5.74) is 0.905. The standard InChI is InChI=1S/C12H18Cl2N2/c1-4-5-15-9(3)8(2)12-11(14)6-10(13)7-16-12/h6-9,15H,4-5H2,1-3H3. The minimum atomic E-state index is 0.274. The zero-order valence-electron chi connectivity index (χ0n) is 9.93. The first-order valence-electron chi connectivity index (χ1n) is 5.60. The zero-order valence-corrected chi connectivity index (χ0v) is 11.4. The second-order valence-corrected chi connectivity index (χ2v) is 4.90. The SMILES string of the molecule is CCCNC(C)C(C)c1ncc(Cl)cc1Cl. The molecule has 1 rings (SSSR count). The molecule has 0 bridgehead atoms. The lowest BCUT2D eigenvalue weighted by Gasteiger charge is -2.21. The molecule has 2 unspecified atom stereocenters. The summed E-state index contributed by atoms with van der Waals surface area (Å²) in [6, 6.07) is 2.10. The third-order valence-corrected chi connectivity index (χ3v) is 3.24. The first-order chi connectivity index (χ1) is 7.56. The van der Waals surface area contributed by atoms with Crippen molar-refractivity contribution in [2.24, 2.45) is 0 Å². The number of halogens is 2. The first kappa shape index (κ1) is 13.8. The number of nitrogens with one attached hydrogen (secondary N) is 1. The van der Waals surface area contributed by atoms with Crippen molar-refractivity contribution in [3.8, 4) is 0 Å². The van der Waals surface area contributed by atoms with Crippen LogP contribution in [0.1, 0.15) is 38.8 Å². The summed E-state index contributed by atoms with van der Waals surface area (Å²) in [5.74, 6) is 0.274. The summed E-state index contributed by atoms with van der Waals surface area (Å²) in [7, 11) is 0. The lowest BCUT2D eigenvalue weighted by molar-refractivity contribution is 0.475. The molecule has 2 atom stereocenters. The van der Waals surface area contributed by atoms with Gasteiger partial charge in [-0.15, -0.1) is 0 Å². The van der Waals surface area contributed by atoms with Crippen molar-refractivity contribution < 1.29 is 0 Å². The Morgan fingerprint density at radius 2 is 2.06 bits per heavy atom. The van der Waals surface area contributed by atoms with E-state index in [9.17, 15) is 0 Å². The van der Waals surface area contributed by atoms with Crippen molar-refractivity contribution in [1.82, 2.24) is 10.3 Å². The van der Waals surface area contributed by atoms with Crippen LogP contribution < -0.4 is 5.32 Å². The van der Waals surface area contributed by atoms with Crippen LogP contribution in [0.15, 0.2) is 12.3 Å². The second-order valence-electron chi connectivity index (χ2n) is 4.05. The van der Waals surface area contributed by atoms with E-state index in [1.54, 1.807) is 12.3 Å². The Morgan fingerprint density at radius 1 is 1.38 bits per heavy atom. The summed E-state index contributed by atoms with van der Waals surface area (Å²) < 4.78 is 0. The molecule has 0 fully saturated rings. The Morgan fingerprint density at radius 3 is 2.62 bits per heavy atom. The molecule has 0 amide bonds. The minimum absolute atomic E-state index is 0.274. The number of aromatic nitrogens is 1. The van der Waals surface area contributed by atoms with E-state index < -0.39 is 0 Å². The summed E-state index contributed by atoms with van der Waals surface area (Å²) in [6.45, 7) is 7.43. The molecule has 1 heterocycles. The van der Waals surface area contributed by atoms with E-state index in [1.807, 2.05) is 0 Å². The van der Waals surface area contributed by atoms with Gasteiger partial charge in [-0.2, -0.15) is 0 Å². The smallest absolute Gasteiger partial charge is 0.0639 e. The normalized spacial score (nSPS) is 14.8. The fraction of sp³-hybridized carbons (Fsp3) is 0.583. The van der Waals surface area contributed by atoms with Crippen LogP contribution in [0.25, 0.3) is 0 Å². The van der Waals surface area contributed by atoms with E-state index in [1.165, 1.54) is 0 Å². The van der Waals surface area contributed by atoms with Gasteiger partial charge in [-0.3, -0.25) is 4.98 Å². The Bertz CT molecular complexity index is 342. The lowest BCUT2D eigenvalue weighted by Crippen LogP contribution is -2.32. The molecular weight excluding hydrogens is 243 g/mol. The highest BCUT2D eigenvalue weighted by molar-refractivity contribution is 6.34. The Kier molecular flexibility index (Phi) is 5.53. The van der Waals surface area contributed by atoms with Crippen molar-refractivity contribution in [2.75, 3.05) is 6.54 Å². The predicted octanol–water partition coefficient (Wildman–Crippen LogP) is 3.88. The molecule has 0 aromatic carbocycles. The van der Waals surface area contributed by atoms with Crippen molar-refractivity contribution in [3.05, 3.63) is 28.0 Å². The molecule has 1 aromatic rings. The van der Waals surface area contributed by atoms with Gasteiger partial charge in [0.1, 0.15) is 0 Å². The van der Waals surface area contributed by atoms with Gasteiger partial charge in [0.05, 0.1) is 15.7 Å².